The van der Waals surface area contributed by atoms with E-state index < -0.39 is 15.3 Å². The van der Waals surface area contributed by atoms with Gasteiger partial charge in [-0.1, -0.05) is 48.0 Å². The van der Waals surface area contributed by atoms with Gasteiger partial charge in [0, 0.05) is 20.2 Å². The highest BCUT2D eigenvalue weighted by molar-refractivity contribution is 7.89. The molecule has 0 bridgehead atoms. The highest BCUT2D eigenvalue weighted by atomic mass is 32.2. The van der Waals surface area contributed by atoms with E-state index in [9.17, 15) is 8.42 Å². The van der Waals surface area contributed by atoms with Crippen molar-refractivity contribution in [3.63, 3.8) is 0 Å². The number of hydrogen-bond acceptors (Lipinski definition) is 4. The summed E-state index contributed by atoms with van der Waals surface area (Å²) in [6, 6.07) is 15.3. The Hall–Kier alpha value is -2.15. The minimum atomic E-state index is -3.60. The van der Waals surface area contributed by atoms with Gasteiger partial charge in [0.15, 0.2) is 0 Å². The molecule has 5 nitrogen and oxygen atoms in total. The van der Waals surface area contributed by atoms with Crippen LogP contribution in [0.25, 0.3) is 0 Å². The maximum Gasteiger partial charge on any atom is 0.220 e. The average Bonchev–Trinajstić information content (AvgIpc) is 2.69. The van der Waals surface area contributed by atoms with Crippen molar-refractivity contribution in [2.24, 2.45) is 0 Å². The third-order valence-electron chi connectivity index (χ3n) is 4.56. The number of allylic oxidation sites excluding steroid dienone is 1. The van der Waals surface area contributed by atoms with Gasteiger partial charge in [-0.05, 0) is 36.6 Å². The summed E-state index contributed by atoms with van der Waals surface area (Å²) in [5, 5.41) is -0.668. The molecule has 152 valence electrons. The smallest absolute Gasteiger partial charge is 0.220 e. The molecule has 0 aromatic heterocycles. The van der Waals surface area contributed by atoms with Crippen molar-refractivity contribution in [2.75, 3.05) is 20.8 Å². The highest BCUT2D eigenvalue weighted by Gasteiger charge is 2.31. The normalized spacial score (nSPS) is 12.7. The molecule has 2 rings (SSSR count). The number of nitrogens with zero attached hydrogens (tertiary/aromatic N) is 1. The lowest BCUT2D eigenvalue weighted by atomic mass is 10.1. The van der Waals surface area contributed by atoms with Crippen LogP contribution >= 0.6 is 0 Å². The second-order valence-corrected chi connectivity index (χ2v) is 8.96. The van der Waals surface area contributed by atoms with E-state index in [0.29, 0.717) is 13.0 Å². The van der Waals surface area contributed by atoms with Gasteiger partial charge >= 0.3 is 0 Å². The Morgan fingerprint density at radius 1 is 1.00 bits per heavy atom. The molecule has 0 spiro atoms. The zero-order valence-electron chi connectivity index (χ0n) is 16.8. The van der Waals surface area contributed by atoms with Gasteiger partial charge in [-0.15, -0.1) is 6.58 Å². The fraction of sp³-hybridized carbons (Fsp3) is 0.364. The van der Waals surface area contributed by atoms with Crippen LogP contribution < -0.4 is 4.74 Å². The maximum absolute atomic E-state index is 13.4. The van der Waals surface area contributed by atoms with Crippen molar-refractivity contribution in [3.8, 4) is 5.75 Å². The van der Waals surface area contributed by atoms with Crippen LogP contribution in [0.3, 0.4) is 0 Å². The molecule has 0 saturated heterocycles. The molecule has 0 fully saturated rings. The minimum absolute atomic E-state index is 0.126. The summed E-state index contributed by atoms with van der Waals surface area (Å²) >= 11 is 0. The zero-order valence-corrected chi connectivity index (χ0v) is 17.6. The predicted octanol–water partition coefficient (Wildman–Crippen LogP) is 3.93. The van der Waals surface area contributed by atoms with E-state index in [-0.39, 0.29) is 13.2 Å². The standard InChI is InChI=1S/C22H29NO4S/c1-5-6-22(17-26-3)28(24,25)23(15-19-9-7-18(2)8-10-19)16-20-11-13-21(27-4)14-12-20/h5,7-14,22H,1,6,15-17H2,2-4H3/t22-/m1/s1. The van der Waals surface area contributed by atoms with E-state index in [1.165, 1.54) is 11.4 Å². The first-order valence-corrected chi connectivity index (χ1v) is 10.7. The van der Waals surface area contributed by atoms with E-state index in [1.807, 2.05) is 55.5 Å². The molecule has 0 unspecified atom stereocenters. The summed E-state index contributed by atoms with van der Waals surface area (Å²) in [5.74, 6) is 0.737. The Bertz CT molecular complexity index is 845. The number of sulfonamides is 1. The Labute approximate surface area is 168 Å². The van der Waals surface area contributed by atoms with Crippen LogP contribution in [0.5, 0.6) is 5.75 Å². The topological polar surface area (TPSA) is 55.8 Å². The molecular formula is C22H29NO4S. The minimum Gasteiger partial charge on any atom is -0.497 e. The first kappa shape index (κ1) is 22.1. The Morgan fingerprint density at radius 2 is 1.54 bits per heavy atom. The average molecular weight is 404 g/mol. The summed E-state index contributed by atoms with van der Waals surface area (Å²) in [7, 11) is -0.486. The van der Waals surface area contributed by atoms with Crippen molar-refractivity contribution >= 4 is 10.0 Å². The second kappa shape index (κ2) is 10.4. The molecule has 0 amide bonds. The van der Waals surface area contributed by atoms with Crippen LogP contribution in [0.1, 0.15) is 23.1 Å². The van der Waals surface area contributed by atoms with Crippen molar-refractivity contribution in [3.05, 3.63) is 77.9 Å². The third-order valence-corrected chi connectivity index (χ3v) is 6.71. The number of hydrogen-bond donors (Lipinski definition) is 0. The Balaban J connectivity index is 2.34. The zero-order chi connectivity index (χ0) is 20.6. The summed E-state index contributed by atoms with van der Waals surface area (Å²) in [4.78, 5) is 0. The largest absolute Gasteiger partial charge is 0.497 e. The van der Waals surface area contributed by atoms with Gasteiger partial charge in [0.05, 0.1) is 13.7 Å². The van der Waals surface area contributed by atoms with Crippen molar-refractivity contribution < 1.29 is 17.9 Å². The molecule has 0 heterocycles. The first-order chi connectivity index (χ1) is 13.4. The SMILES string of the molecule is C=CC[C@H](COC)S(=O)(=O)N(Cc1ccc(C)cc1)Cc1ccc(OC)cc1. The molecule has 0 radical (unpaired) electrons. The van der Waals surface area contributed by atoms with Gasteiger partial charge in [-0.2, -0.15) is 4.31 Å². The first-order valence-electron chi connectivity index (χ1n) is 9.18. The lowest BCUT2D eigenvalue weighted by Crippen LogP contribution is -2.40. The molecule has 0 aliphatic rings. The molecule has 0 N–H and O–H groups in total. The molecule has 0 aliphatic heterocycles. The predicted molar refractivity (Wildman–Crippen MR) is 113 cm³/mol. The van der Waals surface area contributed by atoms with Gasteiger partial charge in [0.25, 0.3) is 0 Å². The summed E-state index contributed by atoms with van der Waals surface area (Å²) in [6.07, 6.45) is 1.96. The second-order valence-electron chi connectivity index (χ2n) is 6.75. The van der Waals surface area contributed by atoms with Crippen molar-refractivity contribution in [1.29, 1.82) is 0 Å². The van der Waals surface area contributed by atoms with E-state index in [1.54, 1.807) is 13.2 Å². The number of ether oxygens (including phenoxy) is 2. The molecule has 6 heteroatoms. The van der Waals surface area contributed by atoms with Crippen LogP contribution in [0.2, 0.25) is 0 Å². The molecule has 2 aromatic rings. The maximum atomic E-state index is 13.4. The van der Waals surface area contributed by atoms with Gasteiger partial charge in [-0.25, -0.2) is 8.42 Å². The number of rotatable bonds is 11. The summed E-state index contributed by atoms with van der Waals surface area (Å²) < 4.78 is 38.6. The van der Waals surface area contributed by atoms with Crippen LogP contribution in [-0.4, -0.2) is 38.8 Å². The number of benzene rings is 2. The van der Waals surface area contributed by atoms with Crippen LogP contribution in [0.4, 0.5) is 0 Å². The molecule has 1 atom stereocenters. The molecule has 0 saturated carbocycles. The lowest BCUT2D eigenvalue weighted by molar-refractivity contribution is 0.194. The van der Waals surface area contributed by atoms with Crippen molar-refractivity contribution in [2.45, 2.75) is 31.7 Å². The quantitative estimate of drug-likeness (QED) is 0.534. The van der Waals surface area contributed by atoms with E-state index >= 15 is 0 Å². The van der Waals surface area contributed by atoms with Crippen LogP contribution in [0, 0.1) is 6.92 Å². The monoisotopic (exact) mass is 403 g/mol. The van der Waals surface area contributed by atoms with Crippen LogP contribution in [0.15, 0.2) is 61.2 Å². The third kappa shape index (κ3) is 5.92. The summed E-state index contributed by atoms with van der Waals surface area (Å²) in [6.45, 7) is 6.41. The van der Waals surface area contributed by atoms with Gasteiger partial charge in [0.2, 0.25) is 10.0 Å². The Morgan fingerprint density at radius 3 is 2.00 bits per heavy atom. The Kier molecular flexibility index (Phi) is 8.23. The molecule has 2 aromatic carbocycles. The fourth-order valence-corrected chi connectivity index (χ4v) is 4.69. The van der Waals surface area contributed by atoms with E-state index in [0.717, 1.165) is 22.4 Å². The molecular weight excluding hydrogens is 374 g/mol. The lowest BCUT2D eigenvalue weighted by Gasteiger charge is -2.27. The van der Waals surface area contributed by atoms with Gasteiger partial charge in [-0.3, -0.25) is 0 Å². The highest BCUT2D eigenvalue weighted by Crippen LogP contribution is 2.22. The van der Waals surface area contributed by atoms with Crippen molar-refractivity contribution in [1.82, 2.24) is 4.31 Å². The van der Waals surface area contributed by atoms with E-state index in [4.69, 9.17) is 9.47 Å². The summed E-state index contributed by atoms with van der Waals surface area (Å²) in [5.41, 5.74) is 2.97. The fourth-order valence-electron chi connectivity index (χ4n) is 2.93. The number of methoxy groups -OCH3 is 2. The van der Waals surface area contributed by atoms with Crippen LogP contribution in [-0.2, 0) is 27.8 Å². The molecule has 28 heavy (non-hydrogen) atoms. The molecule has 0 aliphatic carbocycles. The number of aryl methyl sites for hydroxylation is 1. The van der Waals surface area contributed by atoms with Gasteiger partial charge < -0.3 is 9.47 Å². The van der Waals surface area contributed by atoms with Gasteiger partial charge in [0.1, 0.15) is 11.0 Å². The van der Waals surface area contributed by atoms with E-state index in [2.05, 4.69) is 6.58 Å².